The van der Waals surface area contributed by atoms with E-state index in [4.69, 9.17) is 20.8 Å². The van der Waals surface area contributed by atoms with E-state index in [1.165, 1.54) is 0 Å². The zero-order valence-electron chi connectivity index (χ0n) is 14.9. The molecule has 0 saturated carbocycles. The maximum atomic E-state index is 12.4. The molecule has 6 heteroatoms. The van der Waals surface area contributed by atoms with Crippen molar-refractivity contribution in [3.63, 3.8) is 0 Å². The van der Waals surface area contributed by atoms with Gasteiger partial charge in [-0.1, -0.05) is 23.7 Å². The molecule has 0 spiro atoms. The minimum Gasteiger partial charge on any atom is -0.440 e. The Labute approximate surface area is 162 Å². The molecule has 0 aliphatic carbocycles. The topological polar surface area (TPSA) is 64.4 Å². The number of carbonyl (C=O) groups excluding carboxylic acids is 1. The second-order valence-corrected chi connectivity index (χ2v) is 7.30. The lowest BCUT2D eigenvalue weighted by molar-refractivity contribution is 0.0642. The molecule has 0 atom stereocenters. The summed E-state index contributed by atoms with van der Waals surface area (Å²) in [4.78, 5) is 17.0. The van der Waals surface area contributed by atoms with E-state index in [-0.39, 0.29) is 5.91 Å². The largest absolute Gasteiger partial charge is 0.440 e. The fourth-order valence-electron chi connectivity index (χ4n) is 3.26. The molecule has 3 aromatic rings. The zero-order valence-corrected chi connectivity index (χ0v) is 15.7. The highest BCUT2D eigenvalue weighted by Gasteiger charge is 2.16. The second kappa shape index (κ2) is 8.11. The van der Waals surface area contributed by atoms with E-state index in [2.05, 4.69) is 10.3 Å². The van der Waals surface area contributed by atoms with E-state index in [1.807, 2.05) is 24.3 Å². The van der Waals surface area contributed by atoms with Crippen molar-refractivity contribution >= 4 is 28.6 Å². The Morgan fingerprint density at radius 1 is 1.15 bits per heavy atom. The van der Waals surface area contributed by atoms with Crippen molar-refractivity contribution in [2.24, 2.45) is 5.92 Å². The predicted molar refractivity (Wildman–Crippen MR) is 104 cm³/mol. The predicted octanol–water partition coefficient (Wildman–Crippen LogP) is 4.23. The van der Waals surface area contributed by atoms with Gasteiger partial charge in [0.2, 0.25) is 0 Å². The maximum Gasteiger partial charge on any atom is 0.251 e. The Morgan fingerprint density at radius 2 is 1.93 bits per heavy atom. The smallest absolute Gasteiger partial charge is 0.251 e. The molecule has 4 rings (SSSR count). The number of ether oxygens (including phenoxy) is 1. The third-order valence-corrected chi connectivity index (χ3v) is 5.11. The van der Waals surface area contributed by atoms with Gasteiger partial charge in [-0.15, -0.1) is 0 Å². The fourth-order valence-corrected chi connectivity index (χ4v) is 3.38. The van der Waals surface area contributed by atoms with Crippen LogP contribution in [0.15, 0.2) is 46.9 Å². The molecule has 1 fully saturated rings. The van der Waals surface area contributed by atoms with E-state index >= 15 is 0 Å². The van der Waals surface area contributed by atoms with Crippen LogP contribution in [0.2, 0.25) is 5.02 Å². The lowest BCUT2D eigenvalue weighted by atomic mass is 10.0. The third-order valence-electron chi connectivity index (χ3n) is 4.85. The molecule has 1 aliphatic rings. The van der Waals surface area contributed by atoms with Gasteiger partial charge in [0.05, 0.1) is 0 Å². The Morgan fingerprint density at radius 3 is 2.70 bits per heavy atom. The average molecular weight is 385 g/mol. The number of carbonyl (C=O) groups is 1. The van der Waals surface area contributed by atoms with Crippen molar-refractivity contribution < 1.29 is 13.9 Å². The molecule has 0 bridgehead atoms. The first kappa shape index (κ1) is 18.0. The van der Waals surface area contributed by atoms with Crippen molar-refractivity contribution in [1.82, 2.24) is 10.3 Å². The number of hydrogen-bond donors (Lipinski definition) is 1. The number of aromatic nitrogens is 1. The number of rotatable bonds is 5. The maximum absolute atomic E-state index is 12.4. The van der Waals surface area contributed by atoms with E-state index in [0.717, 1.165) is 31.6 Å². The summed E-state index contributed by atoms with van der Waals surface area (Å²) in [6.07, 6.45) is 2.57. The molecular formula is C21H21ClN2O3. The van der Waals surface area contributed by atoms with Gasteiger partial charge in [0.1, 0.15) is 5.52 Å². The minimum absolute atomic E-state index is 0.0781. The van der Waals surface area contributed by atoms with E-state index in [9.17, 15) is 4.79 Å². The van der Waals surface area contributed by atoms with Gasteiger partial charge in [-0.2, -0.15) is 0 Å². The SMILES string of the molecule is O=C(NCC1CCOCC1)c1ccc2oc(Cc3ccc(Cl)cc3)nc2c1. The molecule has 0 radical (unpaired) electrons. The lowest BCUT2D eigenvalue weighted by Crippen LogP contribution is -2.32. The summed E-state index contributed by atoms with van der Waals surface area (Å²) in [5.41, 5.74) is 3.04. The quantitative estimate of drug-likeness (QED) is 0.715. The van der Waals surface area contributed by atoms with Crippen molar-refractivity contribution in [1.29, 1.82) is 0 Å². The summed E-state index contributed by atoms with van der Waals surface area (Å²) in [5, 5.41) is 3.72. The van der Waals surface area contributed by atoms with Gasteiger partial charge in [0.25, 0.3) is 5.91 Å². The Balaban J connectivity index is 1.43. The van der Waals surface area contributed by atoms with Crippen LogP contribution in [0.5, 0.6) is 0 Å². The molecule has 0 unspecified atom stereocenters. The Bertz CT molecular complexity index is 930. The number of halogens is 1. The first-order valence-corrected chi connectivity index (χ1v) is 9.55. The number of hydrogen-bond acceptors (Lipinski definition) is 4. The minimum atomic E-state index is -0.0781. The number of nitrogens with zero attached hydrogens (tertiary/aromatic N) is 1. The highest BCUT2D eigenvalue weighted by Crippen LogP contribution is 2.20. The van der Waals surface area contributed by atoms with E-state index in [1.54, 1.807) is 18.2 Å². The van der Waals surface area contributed by atoms with Crippen LogP contribution in [0.3, 0.4) is 0 Å². The molecule has 2 heterocycles. The van der Waals surface area contributed by atoms with E-state index < -0.39 is 0 Å². The van der Waals surface area contributed by atoms with Crippen molar-refractivity contribution in [2.45, 2.75) is 19.3 Å². The Hall–Kier alpha value is -2.37. The highest BCUT2D eigenvalue weighted by atomic mass is 35.5. The number of benzene rings is 2. The number of oxazole rings is 1. The molecule has 2 aromatic carbocycles. The summed E-state index contributed by atoms with van der Waals surface area (Å²) in [7, 11) is 0. The van der Waals surface area contributed by atoms with Gasteiger partial charge < -0.3 is 14.5 Å². The summed E-state index contributed by atoms with van der Waals surface area (Å²) in [6, 6.07) is 13.0. The van der Waals surface area contributed by atoms with Crippen molar-refractivity contribution in [2.75, 3.05) is 19.8 Å². The van der Waals surface area contributed by atoms with Gasteiger partial charge in [-0.05, 0) is 54.7 Å². The van der Waals surface area contributed by atoms with E-state index in [0.29, 0.717) is 46.5 Å². The summed E-state index contributed by atoms with van der Waals surface area (Å²) in [5.74, 6) is 1.03. The van der Waals surface area contributed by atoms with Crippen LogP contribution in [0.4, 0.5) is 0 Å². The van der Waals surface area contributed by atoms with Gasteiger partial charge in [0, 0.05) is 36.8 Å². The van der Waals surface area contributed by atoms with Crippen molar-refractivity contribution in [3.05, 3.63) is 64.5 Å². The molecular weight excluding hydrogens is 364 g/mol. The van der Waals surface area contributed by atoms with Crippen molar-refractivity contribution in [3.8, 4) is 0 Å². The number of nitrogens with one attached hydrogen (secondary N) is 1. The molecule has 1 saturated heterocycles. The molecule has 27 heavy (non-hydrogen) atoms. The second-order valence-electron chi connectivity index (χ2n) is 6.86. The first-order valence-electron chi connectivity index (χ1n) is 9.17. The molecule has 140 valence electrons. The highest BCUT2D eigenvalue weighted by molar-refractivity contribution is 6.30. The van der Waals surface area contributed by atoms with Crippen LogP contribution >= 0.6 is 11.6 Å². The third kappa shape index (κ3) is 4.49. The lowest BCUT2D eigenvalue weighted by Gasteiger charge is -2.22. The van der Waals surface area contributed by atoms with Gasteiger partial charge >= 0.3 is 0 Å². The molecule has 1 aliphatic heterocycles. The Kier molecular flexibility index (Phi) is 5.41. The van der Waals surface area contributed by atoms with Gasteiger partial charge in [0.15, 0.2) is 11.5 Å². The number of fused-ring (bicyclic) bond motifs is 1. The monoisotopic (exact) mass is 384 g/mol. The van der Waals surface area contributed by atoms with Crippen LogP contribution in [0, 0.1) is 5.92 Å². The normalized spacial score (nSPS) is 15.1. The zero-order chi connectivity index (χ0) is 18.6. The van der Waals surface area contributed by atoms with Crippen LogP contribution < -0.4 is 5.32 Å². The standard InChI is InChI=1S/C21H21ClN2O3/c22-17-4-1-14(2-5-17)11-20-24-18-12-16(3-6-19(18)27-20)21(25)23-13-15-7-9-26-10-8-15/h1-6,12,15H,7-11,13H2,(H,23,25). The molecule has 5 nitrogen and oxygen atoms in total. The van der Waals surface area contributed by atoms with Gasteiger partial charge in [-0.25, -0.2) is 4.98 Å². The summed E-state index contributed by atoms with van der Waals surface area (Å²) >= 11 is 5.92. The van der Waals surface area contributed by atoms with Gasteiger partial charge in [-0.3, -0.25) is 4.79 Å². The van der Waals surface area contributed by atoms with Crippen LogP contribution in [-0.2, 0) is 11.2 Å². The van der Waals surface area contributed by atoms with Crippen LogP contribution in [0.1, 0.15) is 34.7 Å². The summed E-state index contributed by atoms with van der Waals surface area (Å²) in [6.45, 7) is 2.24. The molecule has 1 amide bonds. The molecule has 1 aromatic heterocycles. The summed E-state index contributed by atoms with van der Waals surface area (Å²) < 4.78 is 11.2. The first-order chi connectivity index (χ1) is 13.2. The van der Waals surface area contributed by atoms with Crippen LogP contribution in [-0.4, -0.2) is 30.6 Å². The van der Waals surface area contributed by atoms with Crippen LogP contribution in [0.25, 0.3) is 11.1 Å². The fraction of sp³-hybridized carbons (Fsp3) is 0.333. The molecule has 1 N–H and O–H groups in total. The number of amides is 1. The average Bonchev–Trinajstić information content (AvgIpc) is 3.10.